The fourth-order valence-electron chi connectivity index (χ4n) is 2.70. The molecule has 0 aromatic carbocycles. The van der Waals surface area contributed by atoms with Crippen LogP contribution in [0.5, 0.6) is 0 Å². The zero-order chi connectivity index (χ0) is 13.0. The Morgan fingerprint density at radius 1 is 1.44 bits per heavy atom. The van der Waals surface area contributed by atoms with Gasteiger partial charge in [-0.25, -0.2) is 0 Å². The van der Waals surface area contributed by atoms with Gasteiger partial charge in [-0.15, -0.1) is 0 Å². The van der Waals surface area contributed by atoms with E-state index in [0.29, 0.717) is 0 Å². The van der Waals surface area contributed by atoms with Crippen LogP contribution in [0.25, 0.3) is 0 Å². The van der Waals surface area contributed by atoms with Crippen molar-refractivity contribution < 1.29 is 0 Å². The Bertz CT molecular complexity index is 439. The van der Waals surface area contributed by atoms with E-state index in [0.717, 1.165) is 38.2 Å². The van der Waals surface area contributed by atoms with Crippen molar-refractivity contribution >= 4 is 0 Å². The molecule has 1 aliphatic rings. The predicted octanol–water partition coefficient (Wildman–Crippen LogP) is 2.66. The first-order valence-electron chi connectivity index (χ1n) is 6.77. The summed E-state index contributed by atoms with van der Waals surface area (Å²) in [6.45, 7) is 7.42. The summed E-state index contributed by atoms with van der Waals surface area (Å²) in [5.74, 6) is 0. The summed E-state index contributed by atoms with van der Waals surface area (Å²) >= 11 is 0. The summed E-state index contributed by atoms with van der Waals surface area (Å²) in [6, 6.07) is 6.59. The quantitative estimate of drug-likeness (QED) is 0.819. The number of pyridine rings is 1. The summed E-state index contributed by atoms with van der Waals surface area (Å²) in [6.07, 6.45) is 4.81. The molecule has 0 saturated carbocycles. The molecule has 1 fully saturated rings. The normalized spacial score (nSPS) is 19.4. The van der Waals surface area contributed by atoms with Crippen molar-refractivity contribution in [3.63, 3.8) is 0 Å². The number of hydrogen-bond acceptors (Lipinski definition) is 3. The van der Waals surface area contributed by atoms with Crippen molar-refractivity contribution in [2.75, 3.05) is 19.6 Å². The zero-order valence-corrected chi connectivity index (χ0v) is 11.3. The Morgan fingerprint density at radius 2 is 2.17 bits per heavy atom. The van der Waals surface area contributed by atoms with Gasteiger partial charge in [0.2, 0.25) is 0 Å². The second-order valence-corrected chi connectivity index (χ2v) is 5.25. The molecular formula is C15H21N3. The number of hydrogen-bond donors (Lipinski definition) is 0. The van der Waals surface area contributed by atoms with Gasteiger partial charge in [-0.2, -0.15) is 5.26 Å². The molecule has 1 saturated heterocycles. The number of aromatic nitrogens is 1. The summed E-state index contributed by atoms with van der Waals surface area (Å²) in [7, 11) is 0. The van der Waals surface area contributed by atoms with Crippen LogP contribution in [-0.2, 0) is 5.41 Å². The number of piperidine rings is 1. The molecule has 1 aliphatic heterocycles. The first kappa shape index (κ1) is 13.0. The Morgan fingerprint density at radius 3 is 2.72 bits per heavy atom. The Balaban J connectivity index is 2.17. The fraction of sp³-hybridized carbons (Fsp3) is 0.600. The molecule has 2 heterocycles. The third kappa shape index (κ3) is 2.54. The van der Waals surface area contributed by atoms with Crippen molar-refractivity contribution in [3.05, 3.63) is 29.6 Å². The van der Waals surface area contributed by atoms with Crippen LogP contribution in [0.2, 0.25) is 0 Å². The molecule has 96 valence electrons. The van der Waals surface area contributed by atoms with Crippen LogP contribution in [0, 0.1) is 18.3 Å². The maximum Gasteiger partial charge on any atom is 0.102 e. The number of nitriles is 1. The topological polar surface area (TPSA) is 39.9 Å². The monoisotopic (exact) mass is 243 g/mol. The van der Waals surface area contributed by atoms with Gasteiger partial charge >= 0.3 is 0 Å². The summed E-state index contributed by atoms with van der Waals surface area (Å²) in [5.41, 5.74) is 1.78. The third-order valence-electron chi connectivity index (χ3n) is 3.87. The molecule has 0 unspecified atom stereocenters. The first-order chi connectivity index (χ1) is 8.70. The van der Waals surface area contributed by atoms with Crippen LogP contribution in [0.4, 0.5) is 0 Å². The minimum Gasteiger partial charge on any atom is -0.303 e. The van der Waals surface area contributed by atoms with Gasteiger partial charge in [-0.1, -0.05) is 6.92 Å². The van der Waals surface area contributed by atoms with Crippen LogP contribution in [0.1, 0.15) is 37.4 Å². The molecule has 1 aromatic rings. The Labute approximate surface area is 109 Å². The molecule has 0 bridgehead atoms. The standard InChI is InChI=1S/C15H21N3/c1-3-8-18-9-5-15(12-16,6-10-18)14-11-13(2)4-7-17-14/h4,7,11H,3,5-6,8-10H2,1-2H3. The highest BCUT2D eigenvalue weighted by Gasteiger charge is 2.37. The van der Waals surface area contributed by atoms with Crippen molar-refractivity contribution in [1.82, 2.24) is 9.88 Å². The molecule has 0 atom stereocenters. The van der Waals surface area contributed by atoms with E-state index in [-0.39, 0.29) is 5.41 Å². The zero-order valence-electron chi connectivity index (χ0n) is 11.3. The number of rotatable bonds is 3. The van der Waals surface area contributed by atoms with Gasteiger partial charge in [-0.05, 0) is 50.4 Å². The highest BCUT2D eigenvalue weighted by atomic mass is 15.1. The molecule has 3 nitrogen and oxygen atoms in total. The molecule has 3 heteroatoms. The van der Waals surface area contributed by atoms with Crippen molar-refractivity contribution in [2.45, 2.75) is 38.5 Å². The lowest BCUT2D eigenvalue weighted by atomic mass is 9.76. The Hall–Kier alpha value is -1.40. The van der Waals surface area contributed by atoms with Crippen LogP contribution < -0.4 is 0 Å². The number of nitrogens with zero attached hydrogens (tertiary/aromatic N) is 3. The molecule has 2 rings (SSSR count). The van der Waals surface area contributed by atoms with Gasteiger partial charge in [0, 0.05) is 19.3 Å². The maximum atomic E-state index is 9.59. The maximum absolute atomic E-state index is 9.59. The minimum atomic E-state index is -0.365. The molecule has 0 spiro atoms. The minimum absolute atomic E-state index is 0.365. The smallest absolute Gasteiger partial charge is 0.102 e. The second kappa shape index (κ2) is 5.49. The number of aryl methyl sites for hydroxylation is 1. The van der Waals surface area contributed by atoms with E-state index in [9.17, 15) is 5.26 Å². The van der Waals surface area contributed by atoms with Gasteiger partial charge in [0.05, 0.1) is 11.8 Å². The third-order valence-corrected chi connectivity index (χ3v) is 3.87. The average molecular weight is 243 g/mol. The predicted molar refractivity (Wildman–Crippen MR) is 72.2 cm³/mol. The number of likely N-dealkylation sites (tertiary alicyclic amines) is 1. The van der Waals surface area contributed by atoms with Crippen LogP contribution in [-0.4, -0.2) is 29.5 Å². The van der Waals surface area contributed by atoms with Crippen LogP contribution in [0.3, 0.4) is 0 Å². The van der Waals surface area contributed by atoms with Gasteiger partial charge in [0.1, 0.15) is 5.41 Å². The van der Waals surface area contributed by atoms with E-state index >= 15 is 0 Å². The highest BCUT2D eigenvalue weighted by molar-refractivity contribution is 5.30. The summed E-state index contributed by atoms with van der Waals surface area (Å²) in [5, 5.41) is 9.59. The summed E-state index contributed by atoms with van der Waals surface area (Å²) in [4.78, 5) is 6.89. The van der Waals surface area contributed by atoms with E-state index in [1.165, 1.54) is 12.0 Å². The van der Waals surface area contributed by atoms with E-state index in [1.807, 2.05) is 12.3 Å². The fourth-order valence-corrected chi connectivity index (χ4v) is 2.70. The highest BCUT2D eigenvalue weighted by Crippen LogP contribution is 2.34. The largest absolute Gasteiger partial charge is 0.303 e. The van der Waals surface area contributed by atoms with Gasteiger partial charge < -0.3 is 4.90 Å². The molecule has 0 radical (unpaired) electrons. The SMILES string of the molecule is CCCN1CCC(C#N)(c2cc(C)ccn2)CC1. The molecule has 0 N–H and O–H groups in total. The van der Waals surface area contributed by atoms with Gasteiger partial charge in [-0.3, -0.25) is 4.98 Å². The molecule has 1 aromatic heterocycles. The molecule has 0 amide bonds. The van der Waals surface area contributed by atoms with Crippen LogP contribution >= 0.6 is 0 Å². The van der Waals surface area contributed by atoms with E-state index in [2.05, 4.69) is 35.9 Å². The van der Waals surface area contributed by atoms with E-state index < -0.39 is 0 Å². The van der Waals surface area contributed by atoms with Crippen molar-refractivity contribution in [2.24, 2.45) is 0 Å². The second-order valence-electron chi connectivity index (χ2n) is 5.25. The van der Waals surface area contributed by atoms with E-state index in [1.54, 1.807) is 0 Å². The lowest BCUT2D eigenvalue weighted by Gasteiger charge is -2.36. The lowest BCUT2D eigenvalue weighted by molar-refractivity contribution is 0.184. The van der Waals surface area contributed by atoms with Crippen molar-refractivity contribution in [3.8, 4) is 6.07 Å². The molecular weight excluding hydrogens is 222 g/mol. The average Bonchev–Trinajstić information content (AvgIpc) is 2.40. The molecule has 18 heavy (non-hydrogen) atoms. The summed E-state index contributed by atoms with van der Waals surface area (Å²) < 4.78 is 0. The first-order valence-corrected chi connectivity index (χ1v) is 6.77. The lowest BCUT2D eigenvalue weighted by Crippen LogP contribution is -2.42. The van der Waals surface area contributed by atoms with Gasteiger partial charge in [0.15, 0.2) is 0 Å². The van der Waals surface area contributed by atoms with Crippen molar-refractivity contribution in [1.29, 1.82) is 5.26 Å². The molecule has 0 aliphatic carbocycles. The van der Waals surface area contributed by atoms with E-state index in [4.69, 9.17) is 0 Å². The van der Waals surface area contributed by atoms with Crippen LogP contribution in [0.15, 0.2) is 18.3 Å². The van der Waals surface area contributed by atoms with Gasteiger partial charge in [0.25, 0.3) is 0 Å². The Kier molecular flexibility index (Phi) is 3.98.